The fourth-order valence-corrected chi connectivity index (χ4v) is 2.58. The van der Waals surface area contributed by atoms with Gasteiger partial charge >= 0.3 is 0 Å². The van der Waals surface area contributed by atoms with E-state index in [-0.39, 0.29) is 18.9 Å². The van der Waals surface area contributed by atoms with Gasteiger partial charge in [-0.05, 0) is 31.0 Å². The second-order valence-electron chi connectivity index (χ2n) is 5.38. The summed E-state index contributed by atoms with van der Waals surface area (Å²) in [5.41, 5.74) is 3.95. The minimum absolute atomic E-state index is 0.112. The molecule has 3 aromatic rings. The zero-order valence-corrected chi connectivity index (χ0v) is 12.8. The Morgan fingerprint density at radius 2 is 2.05 bits per heavy atom. The molecule has 0 saturated carbocycles. The lowest BCUT2D eigenvalue weighted by Crippen LogP contribution is -2.24. The van der Waals surface area contributed by atoms with Gasteiger partial charge in [0.25, 0.3) is 0 Å². The number of fused-ring (bicyclic) bond motifs is 1. The monoisotopic (exact) mass is 299 g/mol. The molecule has 114 valence electrons. The molecule has 0 radical (unpaired) electrons. The van der Waals surface area contributed by atoms with E-state index in [1.54, 1.807) is 13.2 Å². The summed E-state index contributed by atoms with van der Waals surface area (Å²) in [7, 11) is 0. The summed E-state index contributed by atoms with van der Waals surface area (Å²) >= 11 is 0. The van der Waals surface area contributed by atoms with Crippen molar-refractivity contribution in [3.8, 4) is 0 Å². The van der Waals surface area contributed by atoms with Gasteiger partial charge in [0.1, 0.15) is 5.58 Å². The van der Waals surface area contributed by atoms with Crippen molar-refractivity contribution in [3.05, 3.63) is 46.9 Å². The van der Waals surface area contributed by atoms with Crippen LogP contribution in [0.3, 0.4) is 0 Å². The summed E-state index contributed by atoms with van der Waals surface area (Å²) in [5, 5.41) is 11.3. The number of rotatable bonds is 4. The molecule has 0 aliphatic heterocycles. The Labute approximate surface area is 127 Å². The molecule has 1 aromatic carbocycles. The van der Waals surface area contributed by atoms with Crippen LogP contribution in [0, 0.1) is 20.8 Å². The number of hydrogen-bond acceptors (Lipinski definition) is 5. The first kappa shape index (κ1) is 14.3. The lowest BCUT2D eigenvalue weighted by Gasteiger charge is -2.03. The van der Waals surface area contributed by atoms with E-state index in [4.69, 9.17) is 8.83 Å². The summed E-state index contributed by atoms with van der Waals surface area (Å²) in [6.45, 7) is 5.98. The van der Waals surface area contributed by atoms with Crippen LogP contribution >= 0.6 is 0 Å². The average Bonchev–Trinajstić information content (AvgIpc) is 3.03. The predicted molar refractivity (Wildman–Crippen MR) is 80.3 cm³/mol. The van der Waals surface area contributed by atoms with Gasteiger partial charge in [-0.15, -0.1) is 10.2 Å². The largest absolute Gasteiger partial charge is 0.464 e. The number of amides is 1. The number of carbonyl (C=O) groups is 1. The standard InChI is InChI=1S/C16H17N3O3/c1-9-4-10(2)16-12(8-21-13(16)5-9)6-14(20)17-7-15-19-18-11(3)22-15/h4-5,8H,6-7H2,1-3H3,(H,17,20). The van der Waals surface area contributed by atoms with Gasteiger partial charge in [0.2, 0.25) is 17.7 Å². The molecule has 0 fully saturated rings. The van der Waals surface area contributed by atoms with E-state index in [0.29, 0.717) is 11.8 Å². The van der Waals surface area contributed by atoms with Gasteiger partial charge in [-0.2, -0.15) is 0 Å². The van der Waals surface area contributed by atoms with Crippen molar-refractivity contribution in [3.63, 3.8) is 0 Å². The van der Waals surface area contributed by atoms with Crippen LogP contribution in [0.15, 0.2) is 27.2 Å². The van der Waals surface area contributed by atoms with Crippen molar-refractivity contribution >= 4 is 16.9 Å². The highest BCUT2D eigenvalue weighted by atomic mass is 16.4. The lowest BCUT2D eigenvalue weighted by atomic mass is 10.0. The molecule has 2 heterocycles. The topological polar surface area (TPSA) is 81.2 Å². The second-order valence-corrected chi connectivity index (χ2v) is 5.38. The summed E-state index contributed by atoms with van der Waals surface area (Å²) in [4.78, 5) is 12.1. The van der Waals surface area contributed by atoms with Crippen LogP contribution in [0.25, 0.3) is 11.0 Å². The highest BCUT2D eigenvalue weighted by Crippen LogP contribution is 2.26. The third kappa shape index (κ3) is 2.86. The summed E-state index contributed by atoms with van der Waals surface area (Å²) in [6, 6.07) is 4.06. The number of nitrogens with zero attached hydrogens (tertiary/aromatic N) is 2. The van der Waals surface area contributed by atoms with Gasteiger partial charge in [-0.3, -0.25) is 4.79 Å². The van der Waals surface area contributed by atoms with Gasteiger partial charge in [0.05, 0.1) is 19.2 Å². The predicted octanol–water partition coefficient (Wildman–Crippen LogP) is 2.60. The number of benzene rings is 1. The molecule has 1 amide bonds. The summed E-state index contributed by atoms with van der Waals surface area (Å²) < 4.78 is 10.8. The Morgan fingerprint density at radius 3 is 2.77 bits per heavy atom. The number of aromatic nitrogens is 2. The first-order valence-corrected chi connectivity index (χ1v) is 7.06. The molecule has 1 N–H and O–H groups in total. The van der Waals surface area contributed by atoms with Crippen LogP contribution in [0.2, 0.25) is 0 Å². The van der Waals surface area contributed by atoms with Crippen LogP contribution in [-0.2, 0) is 17.8 Å². The third-order valence-electron chi connectivity index (χ3n) is 3.45. The quantitative estimate of drug-likeness (QED) is 0.801. The SMILES string of the molecule is Cc1cc(C)c2c(CC(=O)NCc3nnc(C)o3)coc2c1. The molecule has 2 aromatic heterocycles. The van der Waals surface area contributed by atoms with Crippen LogP contribution in [0.5, 0.6) is 0 Å². The Bertz CT molecular complexity index is 832. The Kier molecular flexibility index (Phi) is 3.66. The van der Waals surface area contributed by atoms with Crippen molar-refractivity contribution in [1.82, 2.24) is 15.5 Å². The fraction of sp³-hybridized carbons (Fsp3) is 0.312. The highest BCUT2D eigenvalue weighted by Gasteiger charge is 2.13. The maximum Gasteiger partial charge on any atom is 0.235 e. The molecule has 0 bridgehead atoms. The molecule has 0 unspecified atom stereocenters. The smallest absolute Gasteiger partial charge is 0.235 e. The number of nitrogens with one attached hydrogen (secondary N) is 1. The van der Waals surface area contributed by atoms with Crippen molar-refractivity contribution in [2.75, 3.05) is 0 Å². The van der Waals surface area contributed by atoms with Gasteiger partial charge in [0.15, 0.2) is 0 Å². The van der Waals surface area contributed by atoms with Crippen molar-refractivity contribution < 1.29 is 13.6 Å². The second kappa shape index (κ2) is 5.63. The highest BCUT2D eigenvalue weighted by molar-refractivity contribution is 5.90. The number of hydrogen-bond donors (Lipinski definition) is 1. The minimum atomic E-state index is -0.112. The van der Waals surface area contributed by atoms with Gasteiger partial charge in [-0.25, -0.2) is 0 Å². The van der Waals surface area contributed by atoms with E-state index in [2.05, 4.69) is 21.6 Å². The average molecular weight is 299 g/mol. The molecule has 0 aliphatic rings. The van der Waals surface area contributed by atoms with Crippen molar-refractivity contribution in [1.29, 1.82) is 0 Å². The molecule has 22 heavy (non-hydrogen) atoms. The molecular weight excluding hydrogens is 282 g/mol. The molecule has 3 rings (SSSR count). The molecule has 0 saturated heterocycles. The lowest BCUT2D eigenvalue weighted by molar-refractivity contribution is -0.120. The molecule has 6 heteroatoms. The maximum absolute atomic E-state index is 12.1. The third-order valence-corrected chi connectivity index (χ3v) is 3.45. The Balaban J connectivity index is 1.71. The van der Waals surface area contributed by atoms with Gasteiger partial charge in [-0.1, -0.05) is 6.07 Å². The first-order chi connectivity index (χ1) is 10.5. The Morgan fingerprint density at radius 1 is 1.23 bits per heavy atom. The van der Waals surface area contributed by atoms with Crippen molar-refractivity contribution in [2.45, 2.75) is 33.7 Å². The molecule has 6 nitrogen and oxygen atoms in total. The number of aryl methyl sites for hydroxylation is 3. The summed E-state index contributed by atoms with van der Waals surface area (Å²) in [6.07, 6.45) is 1.90. The van der Waals surface area contributed by atoms with Crippen molar-refractivity contribution in [2.24, 2.45) is 0 Å². The minimum Gasteiger partial charge on any atom is -0.464 e. The summed E-state index contributed by atoms with van der Waals surface area (Å²) in [5.74, 6) is 0.768. The van der Waals surface area contributed by atoms with Crippen LogP contribution in [0.4, 0.5) is 0 Å². The van der Waals surface area contributed by atoms with Crippen LogP contribution < -0.4 is 5.32 Å². The maximum atomic E-state index is 12.1. The van der Waals surface area contributed by atoms with Gasteiger partial charge in [0, 0.05) is 17.9 Å². The molecule has 0 aliphatic carbocycles. The fourth-order valence-electron chi connectivity index (χ4n) is 2.58. The first-order valence-electron chi connectivity index (χ1n) is 7.06. The normalized spacial score (nSPS) is 11.0. The number of carbonyl (C=O) groups excluding carboxylic acids is 1. The zero-order valence-electron chi connectivity index (χ0n) is 12.8. The van der Waals surface area contributed by atoms with E-state index in [1.807, 2.05) is 19.9 Å². The van der Waals surface area contributed by atoms with Gasteiger partial charge < -0.3 is 14.2 Å². The Hall–Kier alpha value is -2.63. The molecule has 0 atom stereocenters. The van der Waals surface area contributed by atoms with E-state index >= 15 is 0 Å². The van der Waals surface area contributed by atoms with E-state index in [0.717, 1.165) is 27.7 Å². The van der Waals surface area contributed by atoms with E-state index in [9.17, 15) is 4.79 Å². The van der Waals surface area contributed by atoms with E-state index in [1.165, 1.54) is 0 Å². The molecular formula is C16H17N3O3. The molecule has 0 spiro atoms. The van der Waals surface area contributed by atoms with Crippen LogP contribution in [0.1, 0.15) is 28.5 Å². The van der Waals surface area contributed by atoms with Crippen LogP contribution in [-0.4, -0.2) is 16.1 Å². The zero-order chi connectivity index (χ0) is 15.7. The van der Waals surface area contributed by atoms with E-state index < -0.39 is 0 Å². The number of furan rings is 1.